The Morgan fingerprint density at radius 3 is 2.14 bits per heavy atom. The lowest BCUT2D eigenvalue weighted by atomic mass is 10.5. The molecule has 0 unspecified atom stereocenters. The van der Waals surface area contributed by atoms with Gasteiger partial charge >= 0.3 is 0 Å². The highest BCUT2D eigenvalue weighted by Crippen LogP contribution is 1.77. The highest BCUT2D eigenvalue weighted by Gasteiger charge is 1.80. The number of rotatable bonds is 2. The van der Waals surface area contributed by atoms with Crippen LogP contribution in [-0.4, -0.2) is 16.5 Å². The summed E-state index contributed by atoms with van der Waals surface area (Å²) in [6, 6.07) is 0. The molecule has 0 fully saturated rings. The molecule has 0 saturated carbocycles. The third kappa shape index (κ3) is 5.40. The Labute approximate surface area is 42.4 Å². The smallest absolute Gasteiger partial charge is 0.171 e. The Hall–Kier alpha value is -0.600. The zero-order valence-electron chi connectivity index (χ0n) is 3.91. The van der Waals surface area contributed by atoms with Gasteiger partial charge in [-0.3, -0.25) is 0 Å². The molecule has 7 heavy (non-hydrogen) atoms. The maximum atomic E-state index is 8.10. The van der Waals surface area contributed by atoms with Gasteiger partial charge < -0.3 is 10.2 Å². The van der Waals surface area contributed by atoms with Crippen LogP contribution < -0.4 is 0 Å². The van der Waals surface area contributed by atoms with Crippen LogP contribution in [0.1, 0.15) is 0 Å². The van der Waals surface area contributed by atoms with Crippen LogP contribution in [0.4, 0.5) is 0 Å². The van der Waals surface area contributed by atoms with E-state index < -0.39 is 6.29 Å². The molecule has 0 aliphatic rings. The van der Waals surface area contributed by atoms with Crippen molar-refractivity contribution in [3.05, 3.63) is 24.8 Å². The predicted octanol–water partition coefficient (Wildman–Crippen LogP) is 0.0393. The number of hydrogen-bond acceptors (Lipinski definition) is 2. The van der Waals surface area contributed by atoms with E-state index >= 15 is 0 Å². The van der Waals surface area contributed by atoms with Gasteiger partial charge in [0, 0.05) is 0 Å². The molecule has 0 aromatic rings. The number of aliphatic hydroxyl groups excluding tert-OH is 1. The monoisotopic (exact) mass is 100 g/mol. The van der Waals surface area contributed by atoms with Crippen molar-refractivity contribution in [1.82, 2.24) is 0 Å². The largest absolute Gasteiger partial charge is 0.365 e. The summed E-state index contributed by atoms with van der Waals surface area (Å²) in [5, 5.41) is 16.2. The van der Waals surface area contributed by atoms with E-state index in [-0.39, 0.29) is 0 Å². The van der Waals surface area contributed by atoms with Crippen LogP contribution >= 0.6 is 0 Å². The summed E-state index contributed by atoms with van der Waals surface area (Å²) in [5.41, 5.74) is 0. The van der Waals surface area contributed by atoms with Gasteiger partial charge in [0.15, 0.2) is 6.29 Å². The van der Waals surface area contributed by atoms with E-state index in [0.29, 0.717) is 0 Å². The second-order valence-electron chi connectivity index (χ2n) is 1.03. The van der Waals surface area contributed by atoms with E-state index in [1.807, 2.05) is 0 Å². The van der Waals surface area contributed by atoms with Crippen LogP contribution in [0.5, 0.6) is 0 Å². The van der Waals surface area contributed by atoms with E-state index in [1.165, 1.54) is 18.2 Å². The summed E-state index contributed by atoms with van der Waals surface area (Å²) >= 11 is 0. The molecular weight excluding hydrogens is 92.1 g/mol. The molecule has 2 N–H and O–H groups in total. The molecule has 0 aromatic carbocycles. The molecule has 2 nitrogen and oxygen atoms in total. The Bertz CT molecular complexity index is 74.1. The molecule has 0 rings (SSSR count). The quantitative estimate of drug-likeness (QED) is 0.380. The van der Waals surface area contributed by atoms with Gasteiger partial charge in [0.05, 0.1) is 0 Å². The lowest BCUT2D eigenvalue weighted by Gasteiger charge is -1.87. The van der Waals surface area contributed by atoms with Gasteiger partial charge in [0.2, 0.25) is 0 Å². The molecule has 0 bridgehead atoms. The minimum Gasteiger partial charge on any atom is -0.365 e. The first-order valence-electron chi connectivity index (χ1n) is 1.92. The van der Waals surface area contributed by atoms with Crippen molar-refractivity contribution in [1.29, 1.82) is 0 Å². The third-order valence-electron chi connectivity index (χ3n) is 0.419. The van der Waals surface area contributed by atoms with Crippen LogP contribution in [0.15, 0.2) is 24.8 Å². The van der Waals surface area contributed by atoms with Crippen molar-refractivity contribution in [2.45, 2.75) is 6.29 Å². The highest BCUT2D eigenvalue weighted by molar-refractivity contribution is 4.97. The first-order valence-corrected chi connectivity index (χ1v) is 1.92. The van der Waals surface area contributed by atoms with Gasteiger partial charge in [-0.2, -0.15) is 0 Å². The zero-order valence-corrected chi connectivity index (χ0v) is 3.91. The number of aliphatic hydroxyl groups is 2. The molecule has 2 heteroatoms. The van der Waals surface area contributed by atoms with E-state index in [1.54, 1.807) is 0 Å². The lowest BCUT2D eigenvalue weighted by Crippen LogP contribution is -1.96. The number of hydrogen-bond donors (Lipinski definition) is 2. The van der Waals surface area contributed by atoms with Crippen molar-refractivity contribution < 1.29 is 10.2 Å². The average molecular weight is 100 g/mol. The Morgan fingerprint density at radius 2 is 2.00 bits per heavy atom. The fourth-order valence-corrected chi connectivity index (χ4v) is 0.178. The van der Waals surface area contributed by atoms with E-state index in [0.717, 1.165) is 0 Å². The minimum atomic E-state index is -1.35. The van der Waals surface area contributed by atoms with Gasteiger partial charge in [-0.1, -0.05) is 18.7 Å². The van der Waals surface area contributed by atoms with Crippen molar-refractivity contribution in [3.63, 3.8) is 0 Å². The van der Waals surface area contributed by atoms with Gasteiger partial charge in [0.25, 0.3) is 0 Å². The van der Waals surface area contributed by atoms with Crippen molar-refractivity contribution in [2.75, 3.05) is 0 Å². The number of allylic oxidation sites excluding steroid dienone is 2. The molecule has 0 radical (unpaired) electrons. The van der Waals surface area contributed by atoms with E-state index in [2.05, 4.69) is 6.58 Å². The predicted molar refractivity (Wildman–Crippen MR) is 27.6 cm³/mol. The minimum absolute atomic E-state index is 1.22. The Balaban J connectivity index is 3.25. The van der Waals surface area contributed by atoms with Crippen LogP contribution in [0.3, 0.4) is 0 Å². The average Bonchev–Trinajstić information content (AvgIpc) is 1.61. The van der Waals surface area contributed by atoms with Gasteiger partial charge in [-0.25, -0.2) is 0 Å². The first kappa shape index (κ1) is 6.40. The van der Waals surface area contributed by atoms with Crippen LogP contribution in [0, 0.1) is 0 Å². The topological polar surface area (TPSA) is 40.5 Å². The third-order valence-corrected chi connectivity index (χ3v) is 0.419. The summed E-state index contributed by atoms with van der Waals surface area (Å²) in [5.74, 6) is 0. The molecule has 0 amide bonds. The molecule has 0 heterocycles. The van der Waals surface area contributed by atoms with Crippen molar-refractivity contribution in [2.24, 2.45) is 0 Å². The zero-order chi connectivity index (χ0) is 5.70. The maximum Gasteiger partial charge on any atom is 0.171 e. The van der Waals surface area contributed by atoms with Crippen molar-refractivity contribution in [3.8, 4) is 0 Å². The summed E-state index contributed by atoms with van der Waals surface area (Å²) in [6.07, 6.45) is 2.80. The highest BCUT2D eigenvalue weighted by atomic mass is 16.5. The summed E-state index contributed by atoms with van der Waals surface area (Å²) in [7, 11) is 0. The second kappa shape index (κ2) is 3.59. The Kier molecular flexibility index (Phi) is 3.28. The molecule has 0 aromatic heterocycles. The van der Waals surface area contributed by atoms with E-state index in [9.17, 15) is 0 Å². The molecule has 0 saturated heterocycles. The summed E-state index contributed by atoms with van der Waals surface area (Å²) in [4.78, 5) is 0. The maximum absolute atomic E-state index is 8.10. The van der Waals surface area contributed by atoms with Crippen LogP contribution in [0.25, 0.3) is 0 Å². The fraction of sp³-hybridized carbons (Fsp3) is 0.200. The van der Waals surface area contributed by atoms with Gasteiger partial charge in [-0.05, 0) is 6.08 Å². The standard InChI is InChI=1S/C5H8O2/c1-2-3-4-5(6)7/h2-7H,1H2. The van der Waals surface area contributed by atoms with Gasteiger partial charge in [0.1, 0.15) is 0 Å². The summed E-state index contributed by atoms with van der Waals surface area (Å²) < 4.78 is 0. The first-order chi connectivity index (χ1) is 3.27. The molecule has 0 spiro atoms. The summed E-state index contributed by atoms with van der Waals surface area (Å²) in [6.45, 7) is 3.32. The SMILES string of the molecule is C=CC=CC(O)O. The molecular formula is C5H8O2. The molecule has 40 valence electrons. The molecule has 0 aliphatic heterocycles. The van der Waals surface area contributed by atoms with Crippen LogP contribution in [0.2, 0.25) is 0 Å². The normalized spacial score (nSPS) is 10.7. The van der Waals surface area contributed by atoms with E-state index in [4.69, 9.17) is 10.2 Å². The molecule has 0 aliphatic carbocycles. The second-order valence-corrected chi connectivity index (χ2v) is 1.03. The lowest BCUT2D eigenvalue weighted by molar-refractivity contribution is 0.00239. The van der Waals surface area contributed by atoms with Crippen molar-refractivity contribution >= 4 is 0 Å². The fourth-order valence-electron chi connectivity index (χ4n) is 0.178. The Morgan fingerprint density at radius 1 is 1.43 bits per heavy atom. The molecule has 0 atom stereocenters. The van der Waals surface area contributed by atoms with Crippen LogP contribution in [-0.2, 0) is 0 Å². The van der Waals surface area contributed by atoms with Gasteiger partial charge in [-0.15, -0.1) is 0 Å².